The zero-order chi connectivity index (χ0) is 28.7. The van der Waals surface area contributed by atoms with Gasteiger partial charge in [0.15, 0.2) is 0 Å². The Balaban J connectivity index is 1.54. The third-order valence-corrected chi connectivity index (χ3v) is 7.30. The van der Waals surface area contributed by atoms with Crippen LogP contribution in [0.4, 0.5) is 33.9 Å². The van der Waals surface area contributed by atoms with Crippen molar-refractivity contribution in [3.8, 4) is 0 Å². The predicted octanol–water partition coefficient (Wildman–Crippen LogP) is 6.79. The maximum absolute atomic E-state index is 14.3. The Morgan fingerprint density at radius 1 is 1.10 bits per heavy atom. The average Bonchev–Trinajstić information content (AvgIpc) is 3.01. The number of nitrogens with zero attached hydrogens (tertiary/aromatic N) is 3. The Kier molecular flexibility index (Phi) is 7.63. The van der Waals surface area contributed by atoms with Crippen LogP contribution in [0.25, 0.3) is 0 Å². The second kappa shape index (κ2) is 10.5. The number of rotatable bonds is 6. The number of alkyl halides is 3. The van der Waals surface area contributed by atoms with Gasteiger partial charge in [0.2, 0.25) is 0 Å². The van der Waals surface area contributed by atoms with Crippen molar-refractivity contribution in [2.75, 3.05) is 10.2 Å². The van der Waals surface area contributed by atoms with Crippen LogP contribution in [-0.4, -0.2) is 38.8 Å². The number of imide groups is 1. The molecule has 0 saturated carbocycles. The molecule has 0 radical (unpaired) electrons. The third kappa shape index (κ3) is 5.86. The minimum Gasteiger partial charge on any atom is -0.306 e. The number of pyridine rings is 1. The van der Waals surface area contributed by atoms with E-state index in [1.165, 1.54) is 47.5 Å². The van der Waals surface area contributed by atoms with Gasteiger partial charge >= 0.3 is 11.5 Å². The Labute approximate surface area is 230 Å². The molecule has 3 aromatic rings. The Morgan fingerprint density at radius 2 is 1.77 bits per heavy atom. The van der Waals surface area contributed by atoms with Crippen LogP contribution in [0.5, 0.6) is 0 Å². The fraction of sp³-hybridized carbons (Fsp3) is 0.231. The van der Waals surface area contributed by atoms with Crippen LogP contribution in [0.3, 0.4) is 0 Å². The highest BCUT2D eigenvalue weighted by Gasteiger charge is 2.51. The van der Waals surface area contributed by atoms with Crippen LogP contribution in [0.15, 0.2) is 59.6 Å². The summed E-state index contributed by atoms with van der Waals surface area (Å²) < 4.78 is 52.2. The summed E-state index contributed by atoms with van der Waals surface area (Å²) >= 11 is 5.81. The predicted molar refractivity (Wildman–Crippen MR) is 139 cm³/mol. The maximum Gasteiger partial charge on any atom is 0.446 e. The molecule has 0 spiro atoms. The number of carbonyl (C=O) groups excluding carboxylic acids is 3. The van der Waals surface area contributed by atoms with Crippen molar-refractivity contribution >= 4 is 52.7 Å². The minimum atomic E-state index is -4.47. The van der Waals surface area contributed by atoms with Gasteiger partial charge < -0.3 is 10.2 Å². The number of anilines is 2. The van der Waals surface area contributed by atoms with Gasteiger partial charge in [0.25, 0.3) is 11.8 Å². The highest BCUT2D eigenvalue weighted by Crippen LogP contribution is 2.39. The second-order valence-corrected chi connectivity index (χ2v) is 10.7. The normalized spacial score (nSPS) is 15.2. The molecule has 1 aliphatic rings. The van der Waals surface area contributed by atoms with Crippen molar-refractivity contribution in [1.29, 1.82) is 0 Å². The Morgan fingerprint density at radius 3 is 2.41 bits per heavy atom. The fourth-order valence-corrected chi connectivity index (χ4v) is 4.77. The molecule has 13 heteroatoms. The van der Waals surface area contributed by atoms with E-state index in [0.717, 1.165) is 11.0 Å². The quantitative estimate of drug-likeness (QED) is 0.197. The lowest BCUT2D eigenvalue weighted by atomic mass is 10.0. The van der Waals surface area contributed by atoms with E-state index in [2.05, 4.69) is 10.3 Å². The van der Waals surface area contributed by atoms with E-state index in [0.29, 0.717) is 11.1 Å². The smallest absolute Gasteiger partial charge is 0.306 e. The first-order valence-electron chi connectivity index (χ1n) is 11.4. The van der Waals surface area contributed by atoms with Crippen molar-refractivity contribution < 1.29 is 31.9 Å². The lowest BCUT2D eigenvalue weighted by molar-refractivity contribution is -0.123. The summed E-state index contributed by atoms with van der Waals surface area (Å²) in [6.45, 7) is 4.68. The van der Waals surface area contributed by atoms with Crippen LogP contribution in [0.2, 0.25) is 5.02 Å². The third-order valence-electron chi connectivity index (χ3n) is 6.07. The molecule has 1 N–H and O–H groups in total. The summed E-state index contributed by atoms with van der Waals surface area (Å²) in [5.41, 5.74) is -4.94. The van der Waals surface area contributed by atoms with Gasteiger partial charge in [0.05, 0.1) is 16.3 Å². The number of halogens is 5. The molecule has 39 heavy (non-hydrogen) atoms. The van der Waals surface area contributed by atoms with E-state index < -0.39 is 34.7 Å². The van der Waals surface area contributed by atoms with Gasteiger partial charge in [-0.05, 0) is 86.1 Å². The molecular formula is C26H21ClF4N4O3S. The summed E-state index contributed by atoms with van der Waals surface area (Å²) in [5, 5.41) is 2.46. The van der Waals surface area contributed by atoms with Crippen molar-refractivity contribution in [1.82, 2.24) is 9.88 Å². The largest absolute Gasteiger partial charge is 0.446 e. The first kappa shape index (κ1) is 28.4. The average molecular weight is 581 g/mol. The number of amides is 4. The van der Waals surface area contributed by atoms with Crippen molar-refractivity contribution in [2.45, 2.75) is 43.3 Å². The molecule has 2 aromatic carbocycles. The van der Waals surface area contributed by atoms with Crippen molar-refractivity contribution in [2.24, 2.45) is 0 Å². The summed E-state index contributed by atoms with van der Waals surface area (Å²) in [7, 11) is 0. The summed E-state index contributed by atoms with van der Waals surface area (Å²) in [4.78, 5) is 45.4. The van der Waals surface area contributed by atoms with E-state index in [4.69, 9.17) is 11.6 Å². The molecule has 1 aliphatic heterocycles. The minimum absolute atomic E-state index is 0.0308. The van der Waals surface area contributed by atoms with Crippen LogP contribution in [0.1, 0.15) is 35.3 Å². The fourth-order valence-electron chi connectivity index (χ4n) is 3.99. The van der Waals surface area contributed by atoms with E-state index >= 15 is 0 Å². The molecule has 0 bridgehead atoms. The van der Waals surface area contributed by atoms with E-state index in [9.17, 15) is 31.9 Å². The molecule has 2 heterocycles. The van der Waals surface area contributed by atoms with Crippen molar-refractivity contribution in [3.63, 3.8) is 0 Å². The Bertz CT molecular complexity index is 1460. The highest BCUT2D eigenvalue weighted by molar-refractivity contribution is 8.00. The molecular weight excluding hydrogens is 560 g/mol. The van der Waals surface area contributed by atoms with Gasteiger partial charge in [-0.25, -0.2) is 19.1 Å². The zero-order valence-electron chi connectivity index (χ0n) is 20.8. The van der Waals surface area contributed by atoms with Crippen molar-refractivity contribution in [3.05, 3.63) is 82.3 Å². The number of nitrogens with one attached hydrogen (secondary N) is 1. The number of thioether (sulfide) groups is 1. The molecule has 0 aliphatic carbocycles. The van der Waals surface area contributed by atoms with E-state index in [1.807, 2.05) is 0 Å². The van der Waals surface area contributed by atoms with Gasteiger partial charge in [-0.1, -0.05) is 17.7 Å². The molecule has 7 nitrogen and oxygen atoms in total. The van der Waals surface area contributed by atoms with Gasteiger partial charge in [-0.3, -0.25) is 9.59 Å². The number of aromatic nitrogens is 1. The van der Waals surface area contributed by atoms with Crippen LogP contribution in [-0.2, 0) is 11.3 Å². The topological polar surface area (TPSA) is 82.6 Å². The highest BCUT2D eigenvalue weighted by atomic mass is 35.5. The molecule has 204 valence electrons. The summed E-state index contributed by atoms with van der Waals surface area (Å²) in [6, 6.07) is 9.88. The monoisotopic (exact) mass is 580 g/mol. The molecule has 1 saturated heterocycles. The zero-order valence-corrected chi connectivity index (χ0v) is 22.3. The lowest BCUT2D eigenvalue weighted by Gasteiger charge is -2.27. The summed E-state index contributed by atoms with van der Waals surface area (Å²) in [5.74, 6) is -2.10. The second-order valence-electron chi connectivity index (χ2n) is 9.17. The molecule has 4 amide bonds. The maximum atomic E-state index is 14.3. The molecule has 0 unspecified atom stereocenters. The number of benzene rings is 2. The number of urea groups is 1. The molecule has 0 atom stereocenters. The number of hydrogen-bond acceptors (Lipinski definition) is 5. The Hall–Kier alpha value is -3.64. The molecule has 4 rings (SSSR count). The number of hydrogen-bond donors (Lipinski definition) is 1. The number of carbonyl (C=O) groups is 3. The van der Waals surface area contributed by atoms with Gasteiger partial charge in [-0.15, -0.1) is 0 Å². The molecule has 1 aromatic heterocycles. The van der Waals surface area contributed by atoms with Crippen LogP contribution in [0, 0.1) is 12.7 Å². The van der Waals surface area contributed by atoms with E-state index in [-0.39, 0.29) is 45.3 Å². The SMILES string of the molecule is Cc1ccc(F)c(C(=O)Nc2cc(CN3C(=O)N(c4ccc(SC(F)(F)F)cc4)C(=O)C3(C)C)ccn2)c1Cl. The lowest BCUT2D eigenvalue weighted by Crippen LogP contribution is -2.43. The van der Waals surface area contributed by atoms with Crippen LogP contribution >= 0.6 is 23.4 Å². The summed E-state index contributed by atoms with van der Waals surface area (Å²) in [6.07, 6.45) is 1.38. The van der Waals surface area contributed by atoms with Gasteiger partial charge in [-0.2, -0.15) is 13.2 Å². The standard InChI is InChI=1S/C26H21ClF4N4O3S/c1-14-4-9-18(28)20(21(14)27)22(36)33-19-12-15(10-11-32-19)13-34-24(38)35(23(37)25(34,2)3)16-5-7-17(8-6-16)39-26(29,30)31/h4-12H,13H2,1-3H3,(H,32,33,36). The van der Waals surface area contributed by atoms with E-state index in [1.54, 1.807) is 26.8 Å². The van der Waals surface area contributed by atoms with Crippen LogP contribution < -0.4 is 10.2 Å². The first-order chi connectivity index (χ1) is 18.2. The van der Waals surface area contributed by atoms with Gasteiger partial charge in [0.1, 0.15) is 17.2 Å². The molecule has 1 fully saturated rings. The van der Waals surface area contributed by atoms with Gasteiger partial charge in [0, 0.05) is 17.6 Å². The first-order valence-corrected chi connectivity index (χ1v) is 12.6. The number of aryl methyl sites for hydroxylation is 1.